The molecule has 0 heterocycles. The molecular formula is C5H5IO2. The van der Waals surface area contributed by atoms with Gasteiger partial charge in [-0.15, -0.1) is 0 Å². The molecule has 3 heteroatoms. The van der Waals surface area contributed by atoms with Gasteiger partial charge in [-0.1, -0.05) is 0 Å². The number of carbonyl (C=O) groups is 1. The van der Waals surface area contributed by atoms with Crippen molar-refractivity contribution in [2.75, 3.05) is 0 Å². The van der Waals surface area contributed by atoms with E-state index in [1.54, 1.807) is 0 Å². The molecular weight excluding hydrogens is 219 g/mol. The van der Waals surface area contributed by atoms with Crippen LogP contribution in [0.15, 0.2) is 9.34 Å². The van der Waals surface area contributed by atoms with Crippen molar-refractivity contribution in [3.05, 3.63) is 9.34 Å². The number of ketones is 1. The molecule has 0 fully saturated rings. The lowest BCUT2D eigenvalue weighted by molar-refractivity contribution is -0.114. The number of allylic oxidation sites excluding steroid dienone is 2. The third-order valence-corrected chi connectivity index (χ3v) is 2.31. The molecule has 1 rings (SSSR count). The molecule has 0 atom stereocenters. The Morgan fingerprint density at radius 2 is 2.12 bits per heavy atom. The summed E-state index contributed by atoms with van der Waals surface area (Å²) in [6.07, 6.45) is 1.03. The molecule has 0 aromatic rings. The van der Waals surface area contributed by atoms with E-state index in [0.29, 0.717) is 16.4 Å². The zero-order valence-corrected chi connectivity index (χ0v) is 6.31. The molecule has 0 aromatic heterocycles. The normalized spacial score (nSPS) is 20.4. The molecule has 1 aliphatic rings. The Balaban J connectivity index is 2.86. The van der Waals surface area contributed by atoms with Crippen molar-refractivity contribution in [1.29, 1.82) is 0 Å². The van der Waals surface area contributed by atoms with Crippen molar-refractivity contribution in [2.45, 2.75) is 12.8 Å². The Morgan fingerprint density at radius 3 is 2.25 bits per heavy atom. The fraction of sp³-hybridized carbons (Fsp3) is 0.400. The highest BCUT2D eigenvalue weighted by Gasteiger charge is 2.19. The van der Waals surface area contributed by atoms with Gasteiger partial charge >= 0.3 is 0 Å². The Morgan fingerprint density at radius 1 is 1.50 bits per heavy atom. The molecule has 0 radical (unpaired) electrons. The van der Waals surface area contributed by atoms with Gasteiger partial charge in [0.15, 0.2) is 5.78 Å². The first-order valence-corrected chi connectivity index (χ1v) is 3.40. The third kappa shape index (κ3) is 0.866. The smallest absolute Gasteiger partial charge is 0.172 e. The topological polar surface area (TPSA) is 37.3 Å². The fourth-order valence-electron chi connectivity index (χ4n) is 0.612. The summed E-state index contributed by atoms with van der Waals surface area (Å²) in [5, 5.41) is 8.82. The molecule has 0 aromatic carbocycles. The molecule has 0 aliphatic heterocycles. The van der Waals surface area contributed by atoms with Crippen molar-refractivity contribution in [3.8, 4) is 0 Å². The van der Waals surface area contributed by atoms with Gasteiger partial charge < -0.3 is 5.11 Å². The first kappa shape index (κ1) is 6.07. The first-order valence-electron chi connectivity index (χ1n) is 2.32. The van der Waals surface area contributed by atoms with Crippen LogP contribution >= 0.6 is 22.6 Å². The lowest BCUT2D eigenvalue weighted by Gasteiger charge is -1.83. The highest BCUT2D eigenvalue weighted by molar-refractivity contribution is 14.1. The molecule has 2 nitrogen and oxygen atoms in total. The number of aliphatic hydroxyl groups is 1. The van der Waals surface area contributed by atoms with Crippen LogP contribution in [-0.4, -0.2) is 10.9 Å². The molecule has 0 spiro atoms. The predicted octanol–water partition coefficient (Wildman–Crippen LogP) is 1.55. The second kappa shape index (κ2) is 2.05. The van der Waals surface area contributed by atoms with E-state index in [1.165, 1.54) is 0 Å². The van der Waals surface area contributed by atoms with Crippen molar-refractivity contribution < 1.29 is 9.90 Å². The molecule has 44 valence electrons. The highest BCUT2D eigenvalue weighted by Crippen LogP contribution is 2.25. The largest absolute Gasteiger partial charge is 0.511 e. The van der Waals surface area contributed by atoms with Crippen LogP contribution < -0.4 is 0 Å². The van der Waals surface area contributed by atoms with Gasteiger partial charge in [-0.2, -0.15) is 0 Å². The SMILES string of the molecule is O=C1CCC(O)=C1I. The van der Waals surface area contributed by atoms with E-state index < -0.39 is 0 Å². The summed E-state index contributed by atoms with van der Waals surface area (Å²) in [5.41, 5.74) is 0. The summed E-state index contributed by atoms with van der Waals surface area (Å²) >= 11 is 1.86. The van der Waals surface area contributed by atoms with Crippen LogP contribution in [0.2, 0.25) is 0 Å². The second-order valence-electron chi connectivity index (χ2n) is 1.68. The molecule has 0 unspecified atom stereocenters. The number of carbonyl (C=O) groups excluding carboxylic acids is 1. The van der Waals surface area contributed by atoms with Crippen LogP contribution in [-0.2, 0) is 4.79 Å². The molecule has 0 saturated heterocycles. The molecule has 0 saturated carbocycles. The van der Waals surface area contributed by atoms with Crippen LogP contribution in [0.1, 0.15) is 12.8 Å². The average Bonchev–Trinajstić information content (AvgIpc) is 1.98. The molecule has 8 heavy (non-hydrogen) atoms. The summed E-state index contributed by atoms with van der Waals surface area (Å²) in [6.45, 7) is 0. The van der Waals surface area contributed by atoms with Gasteiger partial charge in [-0.3, -0.25) is 4.79 Å². The number of hydrogen-bond donors (Lipinski definition) is 1. The van der Waals surface area contributed by atoms with Crippen molar-refractivity contribution in [3.63, 3.8) is 0 Å². The van der Waals surface area contributed by atoms with Gasteiger partial charge in [0, 0.05) is 12.8 Å². The van der Waals surface area contributed by atoms with Crippen LogP contribution in [0.3, 0.4) is 0 Å². The number of Topliss-reactive ketones (excluding diaryl/α,β-unsaturated/α-hetero) is 1. The maximum absolute atomic E-state index is 10.6. The zero-order valence-electron chi connectivity index (χ0n) is 4.15. The van der Waals surface area contributed by atoms with Crippen LogP contribution in [0.4, 0.5) is 0 Å². The number of halogens is 1. The first-order chi connectivity index (χ1) is 3.72. The summed E-state index contributed by atoms with van der Waals surface area (Å²) in [6, 6.07) is 0. The minimum absolute atomic E-state index is 0.0723. The van der Waals surface area contributed by atoms with Crippen molar-refractivity contribution in [1.82, 2.24) is 0 Å². The van der Waals surface area contributed by atoms with E-state index in [-0.39, 0.29) is 11.5 Å². The van der Waals surface area contributed by atoms with Gasteiger partial charge in [0.2, 0.25) is 0 Å². The highest BCUT2D eigenvalue weighted by atomic mass is 127. The number of aliphatic hydroxyl groups excluding tert-OH is 1. The Hall–Kier alpha value is -0.0600. The number of hydrogen-bond acceptors (Lipinski definition) is 2. The van der Waals surface area contributed by atoms with Crippen LogP contribution in [0, 0.1) is 0 Å². The Bertz CT molecular complexity index is 160. The predicted molar refractivity (Wildman–Crippen MR) is 37.9 cm³/mol. The van der Waals surface area contributed by atoms with E-state index in [4.69, 9.17) is 5.11 Å². The van der Waals surface area contributed by atoms with Gasteiger partial charge in [0.05, 0.1) is 3.58 Å². The number of rotatable bonds is 0. The maximum atomic E-state index is 10.6. The molecule has 1 aliphatic carbocycles. The summed E-state index contributed by atoms with van der Waals surface area (Å²) in [4.78, 5) is 10.6. The quantitative estimate of drug-likeness (QED) is 0.634. The van der Waals surface area contributed by atoms with E-state index in [0.717, 1.165) is 0 Å². The van der Waals surface area contributed by atoms with Crippen molar-refractivity contribution >= 4 is 28.4 Å². The van der Waals surface area contributed by atoms with E-state index in [2.05, 4.69) is 0 Å². The van der Waals surface area contributed by atoms with Gasteiger partial charge in [0.1, 0.15) is 5.76 Å². The molecule has 0 amide bonds. The summed E-state index contributed by atoms with van der Waals surface area (Å²) in [5.74, 6) is 0.332. The zero-order chi connectivity index (χ0) is 6.15. The summed E-state index contributed by atoms with van der Waals surface area (Å²) < 4.78 is 0.516. The Kier molecular flexibility index (Phi) is 1.55. The van der Waals surface area contributed by atoms with Gasteiger partial charge in [-0.25, -0.2) is 0 Å². The minimum atomic E-state index is 0.0723. The fourth-order valence-corrected chi connectivity index (χ4v) is 1.15. The maximum Gasteiger partial charge on any atom is 0.172 e. The lowest BCUT2D eigenvalue weighted by Crippen LogP contribution is -1.86. The Labute approximate surface area is 60.7 Å². The van der Waals surface area contributed by atoms with E-state index in [1.807, 2.05) is 22.6 Å². The van der Waals surface area contributed by atoms with Gasteiger partial charge in [0.25, 0.3) is 0 Å². The second-order valence-corrected chi connectivity index (χ2v) is 2.76. The minimum Gasteiger partial charge on any atom is -0.511 e. The van der Waals surface area contributed by atoms with E-state index >= 15 is 0 Å². The monoisotopic (exact) mass is 224 g/mol. The van der Waals surface area contributed by atoms with Gasteiger partial charge in [-0.05, 0) is 22.6 Å². The van der Waals surface area contributed by atoms with E-state index in [9.17, 15) is 4.79 Å². The molecule has 0 bridgehead atoms. The average molecular weight is 224 g/mol. The summed E-state index contributed by atoms with van der Waals surface area (Å²) in [7, 11) is 0. The third-order valence-electron chi connectivity index (χ3n) is 1.09. The van der Waals surface area contributed by atoms with Crippen LogP contribution in [0.25, 0.3) is 0 Å². The lowest BCUT2D eigenvalue weighted by atomic mass is 10.3. The van der Waals surface area contributed by atoms with Crippen LogP contribution in [0.5, 0.6) is 0 Å². The molecule has 1 N–H and O–H groups in total. The van der Waals surface area contributed by atoms with Crippen molar-refractivity contribution in [2.24, 2.45) is 0 Å². The standard InChI is InChI=1S/C5H5IO2/c6-5-3(7)1-2-4(5)8/h7H,1-2H2.